The lowest BCUT2D eigenvalue weighted by Crippen LogP contribution is -2.00. The summed E-state index contributed by atoms with van der Waals surface area (Å²) in [6, 6.07) is 53.7. The van der Waals surface area contributed by atoms with Crippen molar-refractivity contribution in [1.29, 1.82) is 0 Å². The number of hydrogen-bond donors (Lipinski definition) is 0. The van der Waals surface area contributed by atoms with E-state index in [4.69, 9.17) is 23.8 Å². The van der Waals surface area contributed by atoms with Gasteiger partial charge < -0.3 is 8.83 Å². The topological polar surface area (TPSA) is 77.8 Å². The lowest BCUT2D eigenvalue weighted by atomic mass is 10.0. The summed E-state index contributed by atoms with van der Waals surface area (Å²) < 4.78 is 14.8. The van der Waals surface area contributed by atoms with Crippen LogP contribution in [0.5, 0.6) is 0 Å². The molecule has 0 bridgehead atoms. The molecule has 0 aliphatic carbocycles. The third-order valence-corrected chi connectivity index (χ3v) is 11.0. The van der Waals surface area contributed by atoms with E-state index in [1.165, 1.54) is 10.1 Å². The van der Waals surface area contributed by atoms with Gasteiger partial charge in [0.1, 0.15) is 16.7 Å². The van der Waals surface area contributed by atoms with Crippen LogP contribution in [0.4, 0.5) is 0 Å². The zero-order valence-corrected chi connectivity index (χ0v) is 28.8. The second-order valence-electron chi connectivity index (χ2n) is 13.0. The van der Waals surface area contributed by atoms with E-state index in [1.807, 2.05) is 84.9 Å². The summed E-state index contributed by atoms with van der Waals surface area (Å²) in [6.45, 7) is 0. The predicted octanol–water partition coefficient (Wildman–Crippen LogP) is 12.6. The summed E-state index contributed by atoms with van der Waals surface area (Å²) in [5, 5.41) is 4.45. The summed E-state index contributed by atoms with van der Waals surface area (Å²) >= 11 is 1.76. The smallest absolute Gasteiger partial charge is 0.227 e. The lowest BCUT2D eigenvalue weighted by molar-refractivity contribution is 0.620. The lowest BCUT2D eigenvalue weighted by Gasteiger charge is -2.09. The van der Waals surface area contributed by atoms with Crippen molar-refractivity contribution in [3.05, 3.63) is 158 Å². The van der Waals surface area contributed by atoms with Gasteiger partial charge in [-0.1, -0.05) is 103 Å². The Morgan fingerprint density at radius 2 is 1.06 bits per heavy atom. The van der Waals surface area contributed by atoms with Gasteiger partial charge >= 0.3 is 0 Å². The van der Waals surface area contributed by atoms with E-state index in [9.17, 15) is 0 Å². The van der Waals surface area contributed by atoms with Crippen molar-refractivity contribution in [2.75, 3.05) is 0 Å². The molecule has 0 spiro atoms. The summed E-state index contributed by atoms with van der Waals surface area (Å²) in [6.07, 6.45) is 0. The van der Waals surface area contributed by atoms with E-state index < -0.39 is 0 Å². The summed E-state index contributed by atoms with van der Waals surface area (Å²) in [4.78, 5) is 20.0. The van der Waals surface area contributed by atoms with E-state index in [2.05, 4.69) is 77.8 Å². The number of thiophene rings is 1. The van der Waals surface area contributed by atoms with Gasteiger partial charge in [0.25, 0.3) is 0 Å². The first-order chi connectivity index (χ1) is 26.2. The molecule has 0 N–H and O–H groups in total. The average molecular weight is 699 g/mol. The van der Waals surface area contributed by atoms with Crippen LogP contribution in [0.15, 0.2) is 167 Å². The summed E-state index contributed by atoms with van der Waals surface area (Å²) in [5.41, 5.74) is 9.16. The standard InChI is InChI=1S/C46H26N4O2S/c1-2-10-28(11-3-1)43-48-44(34-15-8-13-32-31-12-4-6-18-38(31)51-41(32)34)50-45(49-43)35-16-9-14-33-36-26-30(24-25-40(36)53-42(33)35)27-20-22-29(23-21-27)46-47-37-17-5-7-19-39(37)52-46/h1-26H. The monoisotopic (exact) mass is 698 g/mol. The zero-order valence-electron chi connectivity index (χ0n) is 28.0. The highest BCUT2D eigenvalue weighted by Gasteiger charge is 2.20. The molecule has 0 saturated carbocycles. The van der Waals surface area contributed by atoms with Gasteiger partial charge in [0.05, 0.1) is 5.56 Å². The van der Waals surface area contributed by atoms with Crippen molar-refractivity contribution in [1.82, 2.24) is 19.9 Å². The van der Waals surface area contributed by atoms with E-state index >= 15 is 0 Å². The zero-order chi connectivity index (χ0) is 34.9. The molecule has 0 fully saturated rings. The van der Waals surface area contributed by atoms with Crippen molar-refractivity contribution in [2.45, 2.75) is 0 Å². The van der Waals surface area contributed by atoms with Crippen LogP contribution in [-0.4, -0.2) is 19.9 Å². The van der Waals surface area contributed by atoms with E-state index in [-0.39, 0.29) is 0 Å². The highest BCUT2D eigenvalue weighted by atomic mass is 32.1. The number of furan rings is 1. The first-order valence-corrected chi connectivity index (χ1v) is 18.2. The maximum atomic E-state index is 6.42. The molecule has 0 atom stereocenters. The Labute approximate surface area is 306 Å². The maximum absolute atomic E-state index is 6.42. The van der Waals surface area contributed by atoms with Crippen molar-refractivity contribution in [3.63, 3.8) is 0 Å². The minimum absolute atomic E-state index is 0.570. The van der Waals surface area contributed by atoms with Gasteiger partial charge in [0.2, 0.25) is 5.89 Å². The molecule has 0 unspecified atom stereocenters. The van der Waals surface area contributed by atoms with Gasteiger partial charge in [-0.15, -0.1) is 11.3 Å². The molecule has 6 nitrogen and oxygen atoms in total. The van der Waals surface area contributed by atoms with Crippen LogP contribution in [-0.2, 0) is 0 Å². The van der Waals surface area contributed by atoms with Crippen LogP contribution in [0.1, 0.15) is 0 Å². The molecule has 11 aromatic rings. The van der Waals surface area contributed by atoms with Crippen LogP contribution in [0.25, 0.3) is 110 Å². The van der Waals surface area contributed by atoms with Crippen LogP contribution in [0.2, 0.25) is 0 Å². The molecular formula is C46H26N4O2S. The molecule has 248 valence electrons. The number of aromatic nitrogens is 4. The molecule has 53 heavy (non-hydrogen) atoms. The molecule has 0 amide bonds. The fraction of sp³-hybridized carbons (Fsp3) is 0. The number of oxazole rings is 1. The molecule has 0 saturated heterocycles. The first-order valence-electron chi connectivity index (χ1n) is 17.4. The number of nitrogens with zero attached hydrogens (tertiary/aromatic N) is 4. The van der Waals surface area contributed by atoms with E-state index in [1.54, 1.807) is 11.3 Å². The Morgan fingerprint density at radius 3 is 1.91 bits per heavy atom. The molecular weight excluding hydrogens is 673 g/mol. The highest BCUT2D eigenvalue weighted by molar-refractivity contribution is 7.26. The molecule has 0 aliphatic rings. The van der Waals surface area contributed by atoms with Gasteiger partial charge in [0, 0.05) is 47.6 Å². The second kappa shape index (κ2) is 11.8. The number of para-hydroxylation sites is 4. The third-order valence-electron chi connectivity index (χ3n) is 9.81. The van der Waals surface area contributed by atoms with Gasteiger partial charge in [-0.25, -0.2) is 19.9 Å². The van der Waals surface area contributed by atoms with Crippen LogP contribution in [0.3, 0.4) is 0 Å². The minimum atomic E-state index is 0.570. The molecule has 4 heterocycles. The van der Waals surface area contributed by atoms with E-state index in [0.29, 0.717) is 23.4 Å². The van der Waals surface area contributed by atoms with Crippen LogP contribution < -0.4 is 0 Å². The van der Waals surface area contributed by atoms with Crippen molar-refractivity contribution in [3.8, 4) is 56.7 Å². The van der Waals surface area contributed by atoms with E-state index in [0.717, 1.165) is 76.5 Å². The Morgan fingerprint density at radius 1 is 0.396 bits per heavy atom. The molecule has 4 aromatic heterocycles. The van der Waals surface area contributed by atoms with Crippen molar-refractivity contribution >= 4 is 64.5 Å². The Hall–Kier alpha value is -6.96. The third kappa shape index (κ3) is 4.93. The Bertz CT molecular complexity index is 3150. The average Bonchev–Trinajstić information content (AvgIpc) is 3.94. The molecule has 0 aliphatic heterocycles. The van der Waals surface area contributed by atoms with Gasteiger partial charge in [0.15, 0.2) is 23.1 Å². The van der Waals surface area contributed by atoms with Crippen molar-refractivity contribution in [2.24, 2.45) is 0 Å². The van der Waals surface area contributed by atoms with Gasteiger partial charge in [-0.2, -0.15) is 0 Å². The molecule has 7 heteroatoms. The molecule has 0 radical (unpaired) electrons. The SMILES string of the molecule is c1ccc(-c2nc(-c3cccc4c3oc3ccccc34)nc(-c3cccc4c3sc3ccc(-c5ccc(-c6nc7ccccc7o6)cc5)cc34)n2)cc1. The highest BCUT2D eigenvalue weighted by Crippen LogP contribution is 2.42. The predicted molar refractivity (Wildman–Crippen MR) is 215 cm³/mol. The Balaban J connectivity index is 1.03. The number of benzene rings is 7. The second-order valence-corrected chi connectivity index (χ2v) is 14.1. The number of rotatable bonds is 5. The summed E-state index contributed by atoms with van der Waals surface area (Å²) in [5.74, 6) is 2.42. The van der Waals surface area contributed by atoms with Gasteiger partial charge in [-0.3, -0.25) is 0 Å². The fourth-order valence-electron chi connectivity index (χ4n) is 7.21. The van der Waals surface area contributed by atoms with Crippen LogP contribution in [0, 0.1) is 0 Å². The van der Waals surface area contributed by atoms with Crippen molar-refractivity contribution < 1.29 is 8.83 Å². The number of hydrogen-bond acceptors (Lipinski definition) is 7. The van der Waals surface area contributed by atoms with Gasteiger partial charge in [-0.05, 0) is 65.7 Å². The first kappa shape index (κ1) is 29.7. The number of fused-ring (bicyclic) bond motifs is 7. The fourth-order valence-corrected chi connectivity index (χ4v) is 8.40. The molecule has 11 rings (SSSR count). The normalized spacial score (nSPS) is 11.8. The Kier molecular flexibility index (Phi) is 6.62. The maximum Gasteiger partial charge on any atom is 0.227 e. The largest absolute Gasteiger partial charge is 0.455 e. The minimum Gasteiger partial charge on any atom is -0.455 e. The molecule has 7 aromatic carbocycles. The quantitative estimate of drug-likeness (QED) is 0.178. The summed E-state index contributed by atoms with van der Waals surface area (Å²) in [7, 11) is 0. The van der Waals surface area contributed by atoms with Crippen LogP contribution >= 0.6 is 11.3 Å².